The van der Waals surface area contributed by atoms with Crippen molar-refractivity contribution in [1.29, 1.82) is 0 Å². The van der Waals surface area contributed by atoms with Crippen molar-refractivity contribution in [2.75, 3.05) is 13.1 Å². The van der Waals surface area contributed by atoms with Crippen molar-refractivity contribution in [2.24, 2.45) is 0 Å². The molecule has 0 unspecified atom stereocenters. The van der Waals surface area contributed by atoms with Crippen LogP contribution in [0.4, 0.5) is 0 Å². The Morgan fingerprint density at radius 2 is 1.79 bits per heavy atom. The summed E-state index contributed by atoms with van der Waals surface area (Å²) < 4.78 is 0. The standard InChI is InChI=1S/C19H29N3O2/c23-18(21-12-11-20-15-8-3-1-2-4-9-15)16-13-14-7-5-6-10-17(14)22-19(16)24/h13,15,20H,1-12H2,(H,21,23)(H,22,24). The lowest BCUT2D eigenvalue weighted by atomic mass is 9.95. The summed E-state index contributed by atoms with van der Waals surface area (Å²) in [6.07, 6.45) is 11.9. The maximum atomic E-state index is 12.3. The molecule has 0 spiro atoms. The molecule has 3 rings (SSSR count). The number of hydrogen-bond donors (Lipinski definition) is 3. The van der Waals surface area contributed by atoms with Crippen molar-refractivity contribution < 1.29 is 4.79 Å². The summed E-state index contributed by atoms with van der Waals surface area (Å²) in [5.41, 5.74) is 2.13. The number of rotatable bonds is 5. The summed E-state index contributed by atoms with van der Waals surface area (Å²) >= 11 is 0. The average molecular weight is 331 g/mol. The first-order valence-corrected chi connectivity index (χ1v) is 9.50. The third-order valence-corrected chi connectivity index (χ3v) is 5.28. The molecule has 132 valence electrons. The number of aromatic amines is 1. The number of carbonyl (C=O) groups is 1. The number of carbonyl (C=O) groups excluding carboxylic acids is 1. The van der Waals surface area contributed by atoms with Crippen LogP contribution in [-0.2, 0) is 12.8 Å². The number of hydrogen-bond acceptors (Lipinski definition) is 3. The highest BCUT2D eigenvalue weighted by atomic mass is 16.2. The fourth-order valence-electron chi connectivity index (χ4n) is 3.87. The van der Waals surface area contributed by atoms with E-state index in [9.17, 15) is 9.59 Å². The molecule has 0 saturated heterocycles. The second kappa shape index (κ2) is 8.47. The van der Waals surface area contributed by atoms with Gasteiger partial charge in [-0.3, -0.25) is 9.59 Å². The van der Waals surface area contributed by atoms with Crippen molar-refractivity contribution in [3.63, 3.8) is 0 Å². The summed E-state index contributed by atoms with van der Waals surface area (Å²) in [6.45, 7) is 1.32. The summed E-state index contributed by atoms with van der Waals surface area (Å²) in [4.78, 5) is 27.3. The fourth-order valence-corrected chi connectivity index (χ4v) is 3.87. The van der Waals surface area contributed by atoms with E-state index in [1.165, 1.54) is 38.5 Å². The smallest absolute Gasteiger partial charge is 0.261 e. The van der Waals surface area contributed by atoms with Crippen LogP contribution in [0.1, 0.15) is 73.0 Å². The van der Waals surface area contributed by atoms with Crippen LogP contribution in [0.25, 0.3) is 0 Å². The van der Waals surface area contributed by atoms with Crippen molar-refractivity contribution >= 4 is 5.91 Å². The van der Waals surface area contributed by atoms with Gasteiger partial charge >= 0.3 is 0 Å². The van der Waals surface area contributed by atoms with Gasteiger partial charge < -0.3 is 15.6 Å². The van der Waals surface area contributed by atoms with Crippen LogP contribution in [0.15, 0.2) is 10.9 Å². The molecule has 0 atom stereocenters. The molecule has 1 amide bonds. The van der Waals surface area contributed by atoms with Crippen molar-refractivity contribution in [3.8, 4) is 0 Å². The largest absolute Gasteiger partial charge is 0.351 e. The molecule has 0 bridgehead atoms. The molecule has 1 aromatic rings. The Bertz CT molecular complexity index is 616. The molecule has 3 N–H and O–H groups in total. The zero-order valence-electron chi connectivity index (χ0n) is 14.5. The van der Waals surface area contributed by atoms with Gasteiger partial charge in [0.25, 0.3) is 11.5 Å². The van der Waals surface area contributed by atoms with Gasteiger partial charge in [-0.15, -0.1) is 0 Å². The first kappa shape index (κ1) is 17.2. The maximum absolute atomic E-state index is 12.3. The molecule has 2 aliphatic carbocycles. The third-order valence-electron chi connectivity index (χ3n) is 5.28. The second-order valence-electron chi connectivity index (χ2n) is 7.12. The summed E-state index contributed by atoms with van der Waals surface area (Å²) in [5, 5.41) is 6.41. The van der Waals surface area contributed by atoms with Gasteiger partial charge in [-0.05, 0) is 50.2 Å². The molecule has 0 aromatic carbocycles. The van der Waals surface area contributed by atoms with Gasteiger partial charge in [0, 0.05) is 24.8 Å². The number of aromatic nitrogens is 1. The van der Waals surface area contributed by atoms with Crippen LogP contribution >= 0.6 is 0 Å². The molecule has 24 heavy (non-hydrogen) atoms. The molecule has 1 heterocycles. The zero-order chi connectivity index (χ0) is 16.8. The minimum Gasteiger partial charge on any atom is -0.351 e. The SMILES string of the molecule is O=C(NCCNC1CCCCCC1)c1cc2c([nH]c1=O)CCCC2. The van der Waals surface area contributed by atoms with Gasteiger partial charge in [0.1, 0.15) is 5.56 Å². The highest BCUT2D eigenvalue weighted by Gasteiger charge is 2.17. The summed E-state index contributed by atoms with van der Waals surface area (Å²) in [6, 6.07) is 2.37. The van der Waals surface area contributed by atoms with E-state index in [4.69, 9.17) is 0 Å². The molecule has 1 saturated carbocycles. The number of nitrogens with one attached hydrogen (secondary N) is 3. The summed E-state index contributed by atoms with van der Waals surface area (Å²) in [5.74, 6) is -0.257. The van der Waals surface area contributed by atoms with Gasteiger partial charge in [-0.25, -0.2) is 0 Å². The Labute approximate surface area is 143 Å². The second-order valence-corrected chi connectivity index (χ2v) is 7.12. The Hall–Kier alpha value is -1.62. The molecule has 2 aliphatic rings. The Balaban J connectivity index is 1.49. The first-order chi connectivity index (χ1) is 11.7. The summed E-state index contributed by atoms with van der Waals surface area (Å²) in [7, 11) is 0. The molecule has 1 aromatic heterocycles. The average Bonchev–Trinajstić information content (AvgIpc) is 2.86. The van der Waals surface area contributed by atoms with Crippen LogP contribution < -0.4 is 16.2 Å². The highest BCUT2D eigenvalue weighted by Crippen LogP contribution is 2.18. The van der Waals surface area contributed by atoms with Gasteiger partial charge in [0.15, 0.2) is 0 Å². The van der Waals surface area contributed by atoms with Gasteiger partial charge in [-0.1, -0.05) is 25.7 Å². The number of H-pyrrole nitrogens is 1. The van der Waals surface area contributed by atoms with Crippen LogP contribution in [0.2, 0.25) is 0 Å². The van der Waals surface area contributed by atoms with Crippen LogP contribution in [-0.4, -0.2) is 30.0 Å². The molecular formula is C19H29N3O2. The van der Waals surface area contributed by atoms with E-state index in [1.54, 1.807) is 6.07 Å². The fraction of sp³-hybridized carbons (Fsp3) is 0.684. The zero-order valence-corrected chi connectivity index (χ0v) is 14.5. The Morgan fingerprint density at radius 1 is 1.04 bits per heavy atom. The van der Waals surface area contributed by atoms with Crippen LogP contribution in [0.5, 0.6) is 0 Å². The third kappa shape index (κ3) is 4.47. The number of pyridine rings is 1. The van der Waals surface area contributed by atoms with E-state index < -0.39 is 0 Å². The number of aryl methyl sites for hydroxylation is 2. The van der Waals surface area contributed by atoms with Crippen LogP contribution in [0.3, 0.4) is 0 Å². The molecule has 5 heteroatoms. The van der Waals surface area contributed by atoms with Crippen molar-refractivity contribution in [3.05, 3.63) is 33.2 Å². The molecule has 1 fully saturated rings. The van der Waals surface area contributed by atoms with E-state index in [1.807, 2.05) is 0 Å². The van der Waals surface area contributed by atoms with E-state index in [0.29, 0.717) is 12.6 Å². The van der Waals surface area contributed by atoms with Crippen LogP contribution in [0, 0.1) is 0 Å². The quantitative estimate of drug-likeness (QED) is 0.572. The normalized spacial score (nSPS) is 18.7. The topological polar surface area (TPSA) is 74.0 Å². The first-order valence-electron chi connectivity index (χ1n) is 9.50. The number of amides is 1. The number of fused-ring (bicyclic) bond motifs is 1. The monoisotopic (exact) mass is 331 g/mol. The van der Waals surface area contributed by atoms with Gasteiger partial charge in [-0.2, -0.15) is 0 Å². The van der Waals surface area contributed by atoms with E-state index in [2.05, 4.69) is 15.6 Å². The molecule has 5 nitrogen and oxygen atoms in total. The predicted octanol–water partition coefficient (Wildman–Crippen LogP) is 2.30. The minimum absolute atomic E-state index is 0.255. The molecule has 0 radical (unpaired) electrons. The van der Waals surface area contributed by atoms with Gasteiger partial charge in [0.05, 0.1) is 0 Å². The van der Waals surface area contributed by atoms with Crippen molar-refractivity contribution in [2.45, 2.75) is 70.3 Å². The van der Waals surface area contributed by atoms with Crippen molar-refractivity contribution in [1.82, 2.24) is 15.6 Å². The lowest BCUT2D eigenvalue weighted by Crippen LogP contribution is -2.38. The van der Waals surface area contributed by atoms with E-state index in [0.717, 1.165) is 43.5 Å². The Kier molecular flexibility index (Phi) is 6.07. The molecular weight excluding hydrogens is 302 g/mol. The van der Waals surface area contributed by atoms with E-state index in [-0.39, 0.29) is 17.0 Å². The lowest BCUT2D eigenvalue weighted by molar-refractivity contribution is 0.0951. The Morgan fingerprint density at radius 3 is 2.58 bits per heavy atom. The highest BCUT2D eigenvalue weighted by molar-refractivity contribution is 5.94. The minimum atomic E-state index is -0.259. The molecule has 0 aliphatic heterocycles. The maximum Gasteiger partial charge on any atom is 0.261 e. The lowest BCUT2D eigenvalue weighted by Gasteiger charge is -2.17. The van der Waals surface area contributed by atoms with Gasteiger partial charge in [0.2, 0.25) is 0 Å². The van der Waals surface area contributed by atoms with E-state index >= 15 is 0 Å². The predicted molar refractivity (Wildman–Crippen MR) is 95.5 cm³/mol.